The lowest BCUT2D eigenvalue weighted by Crippen LogP contribution is -2.48. The minimum absolute atomic E-state index is 0.0560. The number of carbonyl (C=O) groups excluding carboxylic acids is 1. The molecular weight excluding hydrogens is 443 g/mol. The quantitative estimate of drug-likeness (QED) is 0.492. The van der Waals surface area contributed by atoms with Crippen LogP contribution in [0.25, 0.3) is 4.85 Å². The SMILES string of the molecule is [C-]#[N+]c1ccc(CN2CCN(c3ccc(C(N)=O)cc3Cl)[C@H](c3ccc(Cl)cc3)C2)cc1. The maximum Gasteiger partial charge on any atom is 0.248 e. The van der Waals surface area contributed by atoms with Crippen LogP contribution in [0.3, 0.4) is 0 Å². The third-order valence-electron chi connectivity index (χ3n) is 5.73. The number of benzene rings is 3. The molecule has 1 saturated heterocycles. The second-order valence-electron chi connectivity index (χ2n) is 7.80. The van der Waals surface area contributed by atoms with Gasteiger partial charge in [0.1, 0.15) is 0 Å². The molecule has 0 unspecified atom stereocenters. The Balaban J connectivity index is 1.61. The lowest BCUT2D eigenvalue weighted by Gasteiger charge is -2.43. The number of anilines is 1. The molecule has 1 heterocycles. The molecule has 7 heteroatoms. The van der Waals surface area contributed by atoms with Crippen molar-refractivity contribution in [2.24, 2.45) is 5.73 Å². The predicted octanol–water partition coefficient (Wildman–Crippen LogP) is 5.71. The Hall–Kier alpha value is -3.04. The maximum atomic E-state index is 11.5. The Morgan fingerprint density at radius 3 is 2.38 bits per heavy atom. The first-order valence-electron chi connectivity index (χ1n) is 10.2. The Kier molecular flexibility index (Phi) is 6.66. The standard InChI is InChI=1S/C25H22Cl2N4O/c1-29-21-9-2-17(3-10-21)15-30-12-13-31(23-11-6-19(25(28)32)14-22(23)27)24(16-30)18-4-7-20(26)8-5-18/h2-11,14,24H,12-13,15-16H2,(H2,28,32)/t24-/m0/s1. The third kappa shape index (κ3) is 4.89. The molecule has 2 N–H and O–H groups in total. The van der Waals surface area contributed by atoms with Crippen molar-refractivity contribution in [1.82, 2.24) is 4.90 Å². The van der Waals surface area contributed by atoms with Gasteiger partial charge in [-0.1, -0.05) is 59.6 Å². The molecule has 5 nitrogen and oxygen atoms in total. The van der Waals surface area contributed by atoms with Gasteiger partial charge in [-0.3, -0.25) is 9.69 Å². The number of hydrogen-bond acceptors (Lipinski definition) is 3. The number of hydrogen-bond donors (Lipinski definition) is 1. The maximum absolute atomic E-state index is 11.5. The van der Waals surface area contributed by atoms with Gasteiger partial charge in [-0.2, -0.15) is 0 Å². The Labute approximate surface area is 197 Å². The number of carbonyl (C=O) groups is 1. The lowest BCUT2D eigenvalue weighted by atomic mass is 10.0. The zero-order valence-corrected chi connectivity index (χ0v) is 18.9. The van der Waals surface area contributed by atoms with Crippen LogP contribution in [0.1, 0.15) is 27.5 Å². The van der Waals surface area contributed by atoms with Crippen molar-refractivity contribution >= 4 is 40.5 Å². The molecule has 0 radical (unpaired) electrons. The molecule has 0 aliphatic carbocycles. The highest BCUT2D eigenvalue weighted by molar-refractivity contribution is 6.33. The van der Waals surface area contributed by atoms with Gasteiger partial charge in [0.2, 0.25) is 5.91 Å². The number of amides is 1. The molecular formula is C25H22Cl2N4O. The van der Waals surface area contributed by atoms with Gasteiger partial charge in [-0.05, 0) is 41.5 Å². The largest absolute Gasteiger partial charge is 0.366 e. The molecule has 0 saturated carbocycles. The summed E-state index contributed by atoms with van der Waals surface area (Å²) >= 11 is 12.7. The fourth-order valence-electron chi connectivity index (χ4n) is 4.07. The lowest BCUT2D eigenvalue weighted by molar-refractivity contribution is 0.100. The topological polar surface area (TPSA) is 53.9 Å². The number of rotatable bonds is 5. The Bertz CT molecular complexity index is 1160. The molecule has 0 bridgehead atoms. The summed E-state index contributed by atoms with van der Waals surface area (Å²) in [6, 6.07) is 20.9. The van der Waals surface area contributed by atoms with Crippen LogP contribution in [0, 0.1) is 6.57 Å². The highest BCUT2D eigenvalue weighted by atomic mass is 35.5. The summed E-state index contributed by atoms with van der Waals surface area (Å²) in [7, 11) is 0. The molecule has 32 heavy (non-hydrogen) atoms. The van der Waals surface area contributed by atoms with Crippen molar-refractivity contribution in [1.29, 1.82) is 0 Å². The Morgan fingerprint density at radius 2 is 1.75 bits per heavy atom. The monoisotopic (exact) mass is 464 g/mol. The van der Waals surface area contributed by atoms with Gasteiger partial charge in [0, 0.05) is 36.8 Å². The molecule has 162 valence electrons. The van der Waals surface area contributed by atoms with E-state index in [1.54, 1.807) is 12.1 Å². The zero-order chi connectivity index (χ0) is 22.7. The number of piperazine rings is 1. The molecule has 0 spiro atoms. The predicted molar refractivity (Wildman–Crippen MR) is 129 cm³/mol. The average molecular weight is 465 g/mol. The van der Waals surface area contributed by atoms with Gasteiger partial charge < -0.3 is 10.6 Å². The normalized spacial score (nSPS) is 16.5. The number of halogens is 2. The van der Waals surface area contributed by atoms with Crippen LogP contribution < -0.4 is 10.6 Å². The van der Waals surface area contributed by atoms with E-state index in [0.29, 0.717) is 21.3 Å². The molecule has 1 aliphatic rings. The number of primary amides is 1. The minimum Gasteiger partial charge on any atom is -0.366 e. The average Bonchev–Trinajstić information content (AvgIpc) is 2.80. The summed E-state index contributed by atoms with van der Waals surface area (Å²) in [5.41, 5.74) is 9.62. The molecule has 1 fully saturated rings. The van der Waals surface area contributed by atoms with E-state index in [1.807, 2.05) is 54.6 Å². The van der Waals surface area contributed by atoms with Gasteiger partial charge in [-0.25, -0.2) is 4.85 Å². The summed E-state index contributed by atoms with van der Waals surface area (Å²) in [6.07, 6.45) is 0. The van der Waals surface area contributed by atoms with Crippen molar-refractivity contribution in [3.8, 4) is 0 Å². The van der Waals surface area contributed by atoms with Crippen LogP contribution >= 0.6 is 23.2 Å². The van der Waals surface area contributed by atoms with Crippen LogP contribution in [-0.2, 0) is 6.54 Å². The third-order valence-corrected chi connectivity index (χ3v) is 6.29. The van der Waals surface area contributed by atoms with E-state index in [-0.39, 0.29) is 6.04 Å². The summed E-state index contributed by atoms with van der Waals surface area (Å²) in [4.78, 5) is 19.7. The summed E-state index contributed by atoms with van der Waals surface area (Å²) in [5.74, 6) is -0.498. The van der Waals surface area contributed by atoms with Crippen molar-refractivity contribution in [2.75, 3.05) is 24.5 Å². The van der Waals surface area contributed by atoms with Gasteiger partial charge in [0.25, 0.3) is 0 Å². The van der Waals surface area contributed by atoms with Crippen molar-refractivity contribution in [3.05, 3.63) is 105 Å². The van der Waals surface area contributed by atoms with Gasteiger partial charge >= 0.3 is 0 Å². The molecule has 1 amide bonds. The van der Waals surface area contributed by atoms with Crippen LogP contribution in [0.15, 0.2) is 66.7 Å². The van der Waals surface area contributed by atoms with Crippen molar-refractivity contribution in [2.45, 2.75) is 12.6 Å². The van der Waals surface area contributed by atoms with E-state index in [2.05, 4.69) is 14.6 Å². The molecule has 0 aromatic heterocycles. The first kappa shape index (κ1) is 22.2. The van der Waals surface area contributed by atoms with E-state index < -0.39 is 5.91 Å². The number of nitrogens with two attached hydrogens (primary N) is 1. The van der Waals surface area contributed by atoms with Gasteiger partial charge in [-0.15, -0.1) is 0 Å². The van der Waals surface area contributed by atoms with Crippen molar-refractivity contribution < 1.29 is 4.79 Å². The highest BCUT2D eigenvalue weighted by Gasteiger charge is 2.30. The van der Waals surface area contributed by atoms with E-state index in [9.17, 15) is 4.79 Å². The molecule has 1 aliphatic heterocycles. The first-order valence-corrected chi connectivity index (χ1v) is 11.0. The van der Waals surface area contributed by atoms with E-state index >= 15 is 0 Å². The van der Waals surface area contributed by atoms with Crippen LogP contribution in [0.4, 0.5) is 11.4 Å². The second kappa shape index (κ2) is 9.62. The van der Waals surface area contributed by atoms with E-state index in [4.69, 9.17) is 35.5 Å². The molecule has 3 aromatic rings. The van der Waals surface area contributed by atoms with E-state index in [0.717, 1.165) is 37.4 Å². The second-order valence-corrected chi connectivity index (χ2v) is 8.65. The smallest absolute Gasteiger partial charge is 0.248 e. The fraction of sp³-hybridized carbons (Fsp3) is 0.200. The highest BCUT2D eigenvalue weighted by Crippen LogP contribution is 2.36. The molecule has 1 atom stereocenters. The van der Waals surface area contributed by atoms with Crippen LogP contribution in [0.2, 0.25) is 10.0 Å². The number of nitrogens with zero attached hydrogens (tertiary/aromatic N) is 3. The summed E-state index contributed by atoms with van der Waals surface area (Å²) in [6.45, 7) is 10.3. The first-order chi connectivity index (χ1) is 15.4. The van der Waals surface area contributed by atoms with Crippen LogP contribution in [0.5, 0.6) is 0 Å². The van der Waals surface area contributed by atoms with E-state index in [1.165, 1.54) is 5.56 Å². The zero-order valence-electron chi connectivity index (χ0n) is 17.3. The fourth-order valence-corrected chi connectivity index (χ4v) is 4.48. The summed E-state index contributed by atoms with van der Waals surface area (Å²) < 4.78 is 0. The molecule has 4 rings (SSSR count). The van der Waals surface area contributed by atoms with Gasteiger partial charge in [0.05, 0.1) is 23.3 Å². The van der Waals surface area contributed by atoms with Crippen molar-refractivity contribution in [3.63, 3.8) is 0 Å². The summed E-state index contributed by atoms with van der Waals surface area (Å²) in [5, 5.41) is 1.19. The molecule has 3 aromatic carbocycles. The minimum atomic E-state index is -0.498. The van der Waals surface area contributed by atoms with Gasteiger partial charge in [0.15, 0.2) is 5.69 Å². The Morgan fingerprint density at radius 1 is 1.03 bits per heavy atom. The van der Waals surface area contributed by atoms with Crippen LogP contribution in [-0.4, -0.2) is 30.4 Å².